The van der Waals surface area contributed by atoms with Gasteiger partial charge in [-0.25, -0.2) is 0 Å². The molecule has 3 rings (SSSR count). The normalized spacial score (nSPS) is 11.4. The van der Waals surface area contributed by atoms with Gasteiger partial charge in [0, 0.05) is 11.3 Å². The first-order chi connectivity index (χ1) is 12.7. The predicted octanol–water partition coefficient (Wildman–Crippen LogP) is 3.81. The average Bonchev–Trinajstić information content (AvgIpc) is 3.23. The zero-order valence-electron chi connectivity index (χ0n) is 14.1. The van der Waals surface area contributed by atoms with Gasteiger partial charge in [-0.15, -0.1) is 11.3 Å². The van der Waals surface area contributed by atoms with E-state index in [2.05, 4.69) is 10.6 Å². The van der Waals surface area contributed by atoms with Gasteiger partial charge in [0.15, 0.2) is 6.17 Å². The molecule has 0 radical (unpaired) electrons. The summed E-state index contributed by atoms with van der Waals surface area (Å²) in [6, 6.07) is 19.5. The minimum Gasteiger partial charge on any atom is -0.497 e. The molecule has 2 aromatic carbocycles. The molecular weight excluding hydrogens is 348 g/mol. The summed E-state index contributed by atoms with van der Waals surface area (Å²) >= 11 is 1.32. The van der Waals surface area contributed by atoms with E-state index in [-0.39, 0.29) is 11.7 Å². The molecule has 132 valence electrons. The van der Waals surface area contributed by atoms with Crippen LogP contribution in [0.3, 0.4) is 0 Å². The summed E-state index contributed by atoms with van der Waals surface area (Å²) in [4.78, 5) is 25.9. The highest BCUT2D eigenvalue weighted by Crippen LogP contribution is 2.17. The highest BCUT2D eigenvalue weighted by Gasteiger charge is 2.23. The van der Waals surface area contributed by atoms with Crippen molar-refractivity contribution < 1.29 is 14.3 Å². The lowest BCUT2D eigenvalue weighted by Crippen LogP contribution is -2.46. The molecule has 5 nitrogen and oxygen atoms in total. The van der Waals surface area contributed by atoms with Crippen molar-refractivity contribution in [2.24, 2.45) is 0 Å². The number of benzene rings is 2. The Morgan fingerprint density at radius 1 is 0.962 bits per heavy atom. The summed E-state index contributed by atoms with van der Waals surface area (Å²) in [5.74, 6) is 0.200. The van der Waals surface area contributed by atoms with Crippen molar-refractivity contribution in [3.05, 3.63) is 82.6 Å². The number of ether oxygens (including phenoxy) is 1. The molecule has 1 amide bonds. The molecule has 0 saturated carbocycles. The van der Waals surface area contributed by atoms with Crippen molar-refractivity contribution in [3.8, 4) is 5.75 Å². The van der Waals surface area contributed by atoms with Gasteiger partial charge in [0.05, 0.1) is 12.0 Å². The van der Waals surface area contributed by atoms with E-state index in [0.717, 1.165) is 0 Å². The molecule has 26 heavy (non-hydrogen) atoms. The number of rotatable bonds is 7. The number of nitrogens with one attached hydrogen (secondary N) is 2. The standard InChI is InChI=1S/C20H18N2O3S/c1-25-16-11-9-15(10-12-16)21-19(18(23)14-6-3-2-4-7-14)22-20(24)17-8-5-13-26-17/h2-13,19,21H,1H3,(H,22,24)/t19-/m1/s1. The Hall–Kier alpha value is -3.12. The Balaban J connectivity index is 1.82. The van der Waals surface area contributed by atoms with Gasteiger partial charge in [-0.3, -0.25) is 9.59 Å². The topological polar surface area (TPSA) is 67.4 Å². The van der Waals surface area contributed by atoms with Gasteiger partial charge in [0.1, 0.15) is 5.75 Å². The number of amides is 1. The van der Waals surface area contributed by atoms with Crippen LogP contribution in [0.15, 0.2) is 72.1 Å². The van der Waals surface area contributed by atoms with Crippen LogP contribution in [0.25, 0.3) is 0 Å². The van der Waals surface area contributed by atoms with E-state index in [1.54, 1.807) is 67.8 Å². The van der Waals surface area contributed by atoms with Crippen LogP contribution in [0.1, 0.15) is 20.0 Å². The minimum absolute atomic E-state index is 0.216. The monoisotopic (exact) mass is 366 g/mol. The highest BCUT2D eigenvalue weighted by molar-refractivity contribution is 7.12. The summed E-state index contributed by atoms with van der Waals surface area (Å²) < 4.78 is 5.14. The van der Waals surface area contributed by atoms with Gasteiger partial charge in [0.2, 0.25) is 5.78 Å². The van der Waals surface area contributed by atoms with E-state index < -0.39 is 6.17 Å². The Labute approximate surface area is 155 Å². The second-order valence-corrected chi connectivity index (χ2v) is 6.43. The van der Waals surface area contributed by atoms with Crippen molar-refractivity contribution in [1.29, 1.82) is 0 Å². The molecule has 0 spiro atoms. The van der Waals surface area contributed by atoms with Gasteiger partial charge in [0.25, 0.3) is 5.91 Å². The first kappa shape index (κ1) is 17.7. The van der Waals surface area contributed by atoms with Crippen molar-refractivity contribution in [3.63, 3.8) is 0 Å². The van der Waals surface area contributed by atoms with E-state index in [9.17, 15) is 9.59 Å². The molecule has 0 aliphatic rings. The third kappa shape index (κ3) is 4.29. The maximum absolute atomic E-state index is 12.9. The predicted molar refractivity (Wildman–Crippen MR) is 103 cm³/mol. The summed E-state index contributed by atoms with van der Waals surface area (Å²) in [5, 5.41) is 7.68. The van der Waals surface area contributed by atoms with Crippen LogP contribution in [0.2, 0.25) is 0 Å². The first-order valence-corrected chi connectivity index (χ1v) is 8.89. The number of thiophene rings is 1. The molecular formula is C20H18N2O3S. The molecule has 2 N–H and O–H groups in total. The molecule has 0 aliphatic heterocycles. The lowest BCUT2D eigenvalue weighted by atomic mass is 10.1. The zero-order chi connectivity index (χ0) is 18.4. The van der Waals surface area contributed by atoms with Crippen LogP contribution in [0.5, 0.6) is 5.75 Å². The Kier molecular flexibility index (Phi) is 5.66. The summed E-state index contributed by atoms with van der Waals surface area (Å²) in [7, 11) is 1.59. The van der Waals surface area contributed by atoms with Crippen LogP contribution in [0.4, 0.5) is 5.69 Å². The number of anilines is 1. The third-order valence-corrected chi connectivity index (χ3v) is 4.61. The second-order valence-electron chi connectivity index (χ2n) is 5.49. The summed E-state index contributed by atoms with van der Waals surface area (Å²) in [5.41, 5.74) is 1.22. The van der Waals surface area contributed by atoms with E-state index in [0.29, 0.717) is 21.9 Å². The Morgan fingerprint density at radius 2 is 1.69 bits per heavy atom. The zero-order valence-corrected chi connectivity index (χ0v) is 15.0. The fourth-order valence-electron chi connectivity index (χ4n) is 2.40. The molecule has 1 atom stereocenters. The van der Waals surface area contributed by atoms with Gasteiger partial charge in [-0.1, -0.05) is 36.4 Å². The van der Waals surface area contributed by atoms with Gasteiger partial charge < -0.3 is 15.4 Å². The number of carbonyl (C=O) groups excluding carboxylic acids is 2. The second kappa shape index (κ2) is 8.31. The van der Waals surface area contributed by atoms with Crippen molar-refractivity contribution in [2.75, 3.05) is 12.4 Å². The van der Waals surface area contributed by atoms with Crippen molar-refractivity contribution >= 4 is 28.7 Å². The van der Waals surface area contributed by atoms with Gasteiger partial charge in [-0.05, 0) is 35.7 Å². The van der Waals surface area contributed by atoms with Crippen LogP contribution < -0.4 is 15.4 Å². The highest BCUT2D eigenvalue weighted by atomic mass is 32.1. The third-order valence-electron chi connectivity index (χ3n) is 3.74. The average molecular weight is 366 g/mol. The van der Waals surface area contributed by atoms with Gasteiger partial charge in [-0.2, -0.15) is 0 Å². The SMILES string of the molecule is COc1ccc(N[C@H](NC(=O)c2cccs2)C(=O)c2ccccc2)cc1. The number of Topliss-reactive ketones (excluding diaryl/α,β-unsaturated/α-hetero) is 1. The minimum atomic E-state index is -0.889. The molecule has 0 unspecified atom stereocenters. The fourth-order valence-corrected chi connectivity index (χ4v) is 3.03. The maximum Gasteiger partial charge on any atom is 0.263 e. The molecule has 0 aliphatic carbocycles. The number of ketones is 1. The van der Waals surface area contributed by atoms with E-state index in [1.165, 1.54) is 11.3 Å². The van der Waals surface area contributed by atoms with Gasteiger partial charge >= 0.3 is 0 Å². The molecule has 6 heteroatoms. The lowest BCUT2D eigenvalue weighted by molar-refractivity contribution is 0.0872. The fraction of sp³-hybridized carbons (Fsp3) is 0.100. The molecule has 3 aromatic rings. The van der Waals surface area contributed by atoms with Crippen LogP contribution >= 0.6 is 11.3 Å². The molecule has 0 bridgehead atoms. The Morgan fingerprint density at radius 3 is 2.31 bits per heavy atom. The van der Waals surface area contributed by atoms with E-state index >= 15 is 0 Å². The van der Waals surface area contributed by atoms with Crippen molar-refractivity contribution in [2.45, 2.75) is 6.17 Å². The molecule has 1 aromatic heterocycles. The summed E-state index contributed by atoms with van der Waals surface area (Å²) in [6.45, 7) is 0. The number of hydrogen-bond donors (Lipinski definition) is 2. The van der Waals surface area contributed by atoms with Crippen LogP contribution in [-0.4, -0.2) is 25.0 Å². The van der Waals surface area contributed by atoms with Crippen LogP contribution in [-0.2, 0) is 0 Å². The maximum atomic E-state index is 12.9. The van der Waals surface area contributed by atoms with Crippen molar-refractivity contribution in [1.82, 2.24) is 5.32 Å². The number of methoxy groups -OCH3 is 1. The largest absolute Gasteiger partial charge is 0.497 e. The Bertz CT molecular complexity index is 862. The lowest BCUT2D eigenvalue weighted by Gasteiger charge is -2.20. The first-order valence-electron chi connectivity index (χ1n) is 8.01. The molecule has 0 fully saturated rings. The molecule has 1 heterocycles. The van der Waals surface area contributed by atoms with E-state index in [1.807, 2.05) is 11.4 Å². The van der Waals surface area contributed by atoms with Crippen LogP contribution in [0, 0.1) is 0 Å². The quantitative estimate of drug-likeness (QED) is 0.493. The smallest absolute Gasteiger partial charge is 0.263 e. The van der Waals surface area contributed by atoms with E-state index in [4.69, 9.17) is 4.74 Å². The number of hydrogen-bond acceptors (Lipinski definition) is 5. The summed E-state index contributed by atoms with van der Waals surface area (Å²) in [6.07, 6.45) is -0.889. The molecule has 0 saturated heterocycles. The number of carbonyl (C=O) groups is 2.